The van der Waals surface area contributed by atoms with Gasteiger partial charge in [-0.2, -0.15) is 0 Å². The van der Waals surface area contributed by atoms with E-state index in [9.17, 15) is 4.79 Å². The molecule has 88 valence electrons. The molecule has 0 radical (unpaired) electrons. The minimum absolute atomic E-state index is 0.00766. The minimum atomic E-state index is -1.05. The van der Waals surface area contributed by atoms with Crippen molar-refractivity contribution in [1.29, 1.82) is 0 Å². The number of aryl methyl sites for hydroxylation is 2. The smallest absolute Gasteiger partial charge is 0.354 e. The second kappa shape index (κ2) is 4.80. The third kappa shape index (κ3) is 3.01. The molecule has 0 aliphatic heterocycles. The normalized spacial score (nSPS) is 10.5. The third-order valence-corrected chi connectivity index (χ3v) is 3.75. The fourth-order valence-electron chi connectivity index (χ4n) is 1.15. The van der Waals surface area contributed by atoms with Gasteiger partial charge in [0.2, 0.25) is 0 Å². The number of thiazole rings is 1. The van der Waals surface area contributed by atoms with Gasteiger partial charge >= 0.3 is 5.97 Å². The van der Waals surface area contributed by atoms with Crippen LogP contribution in [0.3, 0.4) is 0 Å². The Balaban J connectivity index is 2.29. The summed E-state index contributed by atoms with van der Waals surface area (Å²) >= 11 is 2.76. The van der Waals surface area contributed by atoms with E-state index in [2.05, 4.69) is 15.0 Å². The second-order valence-electron chi connectivity index (χ2n) is 3.34. The van der Waals surface area contributed by atoms with Crippen LogP contribution in [0.1, 0.15) is 21.9 Å². The Morgan fingerprint density at radius 1 is 1.29 bits per heavy atom. The van der Waals surface area contributed by atoms with Gasteiger partial charge in [-0.25, -0.2) is 19.7 Å². The fourth-order valence-corrected chi connectivity index (χ4v) is 2.91. The molecule has 7 heteroatoms. The molecular formula is C10H9N3O2S2. The van der Waals surface area contributed by atoms with E-state index in [4.69, 9.17) is 5.11 Å². The predicted octanol–water partition coefficient (Wildman–Crippen LogP) is 2.40. The van der Waals surface area contributed by atoms with Gasteiger partial charge in [-0.3, -0.25) is 0 Å². The Hall–Kier alpha value is -1.47. The Bertz CT molecular complexity index is 568. The summed E-state index contributed by atoms with van der Waals surface area (Å²) < 4.78 is 0.810. The molecule has 0 saturated heterocycles. The molecule has 0 aliphatic rings. The Morgan fingerprint density at radius 3 is 2.65 bits per heavy atom. The molecule has 0 atom stereocenters. The summed E-state index contributed by atoms with van der Waals surface area (Å²) in [7, 11) is 0. The summed E-state index contributed by atoms with van der Waals surface area (Å²) in [4.78, 5) is 23.2. The average Bonchev–Trinajstić information content (AvgIpc) is 2.63. The van der Waals surface area contributed by atoms with Gasteiger partial charge in [0.15, 0.2) is 15.2 Å². The minimum Gasteiger partial charge on any atom is -0.477 e. The zero-order valence-corrected chi connectivity index (χ0v) is 10.8. The number of hydrogen-bond acceptors (Lipinski definition) is 6. The van der Waals surface area contributed by atoms with Crippen molar-refractivity contribution in [3.63, 3.8) is 0 Å². The van der Waals surface area contributed by atoms with Crippen LogP contribution in [0.25, 0.3) is 0 Å². The first-order valence-electron chi connectivity index (χ1n) is 4.73. The molecule has 17 heavy (non-hydrogen) atoms. The quantitative estimate of drug-likeness (QED) is 0.860. The number of nitrogens with zero attached hydrogens (tertiary/aromatic N) is 3. The molecule has 1 N–H and O–H groups in total. The standard InChI is InChI=1S/C10H9N3O2S2/c1-5-3-7(8(14)15)13-9(11-5)17-10-12-6(2)4-16-10/h3-4H,1-2H3,(H,14,15). The van der Waals surface area contributed by atoms with Crippen molar-refractivity contribution in [3.8, 4) is 0 Å². The lowest BCUT2D eigenvalue weighted by atomic mass is 10.3. The molecule has 0 bridgehead atoms. The van der Waals surface area contributed by atoms with Crippen LogP contribution in [-0.4, -0.2) is 26.0 Å². The molecule has 2 aromatic rings. The summed E-state index contributed by atoms with van der Waals surface area (Å²) in [6.45, 7) is 3.64. The maximum absolute atomic E-state index is 10.8. The third-order valence-electron chi connectivity index (χ3n) is 1.83. The van der Waals surface area contributed by atoms with Gasteiger partial charge in [0.05, 0.1) is 0 Å². The monoisotopic (exact) mass is 267 g/mol. The summed E-state index contributed by atoms with van der Waals surface area (Å²) in [6.07, 6.45) is 0. The largest absolute Gasteiger partial charge is 0.477 e. The Kier molecular flexibility index (Phi) is 3.39. The highest BCUT2D eigenvalue weighted by Crippen LogP contribution is 2.27. The molecule has 0 amide bonds. The van der Waals surface area contributed by atoms with E-state index < -0.39 is 5.97 Å². The molecule has 0 fully saturated rings. The molecule has 0 aliphatic carbocycles. The highest BCUT2D eigenvalue weighted by atomic mass is 32.2. The molecule has 0 saturated carbocycles. The first-order chi connectivity index (χ1) is 8.04. The summed E-state index contributed by atoms with van der Waals surface area (Å²) in [6, 6.07) is 1.44. The van der Waals surface area contributed by atoms with E-state index in [1.54, 1.807) is 6.92 Å². The van der Waals surface area contributed by atoms with Gasteiger partial charge < -0.3 is 5.11 Å². The summed E-state index contributed by atoms with van der Waals surface area (Å²) in [5, 5.41) is 11.2. The topological polar surface area (TPSA) is 76.0 Å². The predicted molar refractivity (Wildman–Crippen MR) is 64.7 cm³/mol. The van der Waals surface area contributed by atoms with Gasteiger partial charge in [-0.15, -0.1) is 11.3 Å². The number of hydrogen-bond donors (Lipinski definition) is 1. The molecule has 0 aromatic carbocycles. The number of aromatic nitrogens is 3. The molecule has 2 rings (SSSR count). The van der Waals surface area contributed by atoms with Crippen LogP contribution >= 0.6 is 23.1 Å². The van der Waals surface area contributed by atoms with Gasteiger partial charge in [0, 0.05) is 16.8 Å². The molecule has 0 unspecified atom stereocenters. The van der Waals surface area contributed by atoms with Crippen LogP contribution in [0, 0.1) is 13.8 Å². The maximum atomic E-state index is 10.8. The van der Waals surface area contributed by atoms with Crippen molar-refractivity contribution in [1.82, 2.24) is 15.0 Å². The van der Waals surface area contributed by atoms with Crippen LogP contribution in [0.2, 0.25) is 0 Å². The number of rotatable bonds is 3. The van der Waals surface area contributed by atoms with E-state index in [1.165, 1.54) is 29.2 Å². The van der Waals surface area contributed by atoms with E-state index in [-0.39, 0.29) is 5.69 Å². The van der Waals surface area contributed by atoms with Crippen LogP contribution in [0.15, 0.2) is 20.9 Å². The van der Waals surface area contributed by atoms with Crippen molar-refractivity contribution >= 4 is 29.1 Å². The number of carboxylic acids is 1. The van der Waals surface area contributed by atoms with Gasteiger partial charge in [-0.05, 0) is 31.7 Å². The first-order valence-corrected chi connectivity index (χ1v) is 6.43. The maximum Gasteiger partial charge on any atom is 0.354 e. The van der Waals surface area contributed by atoms with Gasteiger partial charge in [0.25, 0.3) is 0 Å². The average molecular weight is 267 g/mol. The lowest BCUT2D eigenvalue weighted by Crippen LogP contribution is -2.03. The first kappa shape index (κ1) is 12.0. The molecule has 2 heterocycles. The van der Waals surface area contributed by atoms with Crippen molar-refractivity contribution < 1.29 is 9.90 Å². The molecular weight excluding hydrogens is 258 g/mol. The lowest BCUT2D eigenvalue weighted by Gasteiger charge is -2.00. The number of carboxylic acid groups (broad SMARTS) is 1. The van der Waals surface area contributed by atoms with Crippen LogP contribution in [-0.2, 0) is 0 Å². The van der Waals surface area contributed by atoms with Gasteiger partial charge in [-0.1, -0.05) is 0 Å². The Morgan fingerprint density at radius 2 is 2.06 bits per heavy atom. The fraction of sp³-hybridized carbons (Fsp3) is 0.200. The van der Waals surface area contributed by atoms with Crippen molar-refractivity contribution in [2.45, 2.75) is 23.3 Å². The van der Waals surface area contributed by atoms with E-state index >= 15 is 0 Å². The van der Waals surface area contributed by atoms with Crippen LogP contribution in [0.4, 0.5) is 0 Å². The summed E-state index contributed by atoms with van der Waals surface area (Å²) in [5.41, 5.74) is 1.57. The zero-order chi connectivity index (χ0) is 12.4. The van der Waals surface area contributed by atoms with Crippen LogP contribution in [0.5, 0.6) is 0 Å². The molecule has 5 nitrogen and oxygen atoms in total. The molecule has 2 aromatic heterocycles. The highest BCUT2D eigenvalue weighted by molar-refractivity contribution is 8.00. The molecule has 0 spiro atoms. The highest BCUT2D eigenvalue weighted by Gasteiger charge is 2.11. The second-order valence-corrected chi connectivity index (χ2v) is 5.41. The SMILES string of the molecule is Cc1cc(C(=O)O)nc(Sc2nc(C)cs2)n1. The number of aromatic carboxylic acids is 1. The van der Waals surface area contributed by atoms with E-state index in [0.717, 1.165) is 10.0 Å². The number of carbonyl (C=O) groups is 1. The Labute approximate surface area is 106 Å². The van der Waals surface area contributed by atoms with Crippen LogP contribution < -0.4 is 0 Å². The van der Waals surface area contributed by atoms with Crippen molar-refractivity contribution in [2.75, 3.05) is 0 Å². The van der Waals surface area contributed by atoms with E-state index in [0.29, 0.717) is 10.9 Å². The zero-order valence-electron chi connectivity index (χ0n) is 9.17. The van der Waals surface area contributed by atoms with Gasteiger partial charge in [0.1, 0.15) is 0 Å². The van der Waals surface area contributed by atoms with Crippen molar-refractivity contribution in [2.24, 2.45) is 0 Å². The lowest BCUT2D eigenvalue weighted by molar-refractivity contribution is 0.0689. The van der Waals surface area contributed by atoms with E-state index in [1.807, 2.05) is 12.3 Å². The van der Waals surface area contributed by atoms with Crippen molar-refractivity contribution in [3.05, 3.63) is 28.5 Å². The summed E-state index contributed by atoms with van der Waals surface area (Å²) in [5.74, 6) is -1.05.